The van der Waals surface area contributed by atoms with Gasteiger partial charge in [-0.15, -0.1) is 24.0 Å². The van der Waals surface area contributed by atoms with Crippen molar-refractivity contribution in [3.63, 3.8) is 0 Å². The minimum absolute atomic E-state index is 0.0559. The summed E-state index contributed by atoms with van der Waals surface area (Å²) in [5.41, 5.74) is 18.6. The van der Waals surface area contributed by atoms with Gasteiger partial charge in [-0.05, 0) is 91.0 Å². The fourth-order valence-electron chi connectivity index (χ4n) is 5.76. The van der Waals surface area contributed by atoms with E-state index in [0.717, 1.165) is 12.1 Å². The van der Waals surface area contributed by atoms with E-state index in [2.05, 4.69) is 54.2 Å². The lowest BCUT2D eigenvalue weighted by molar-refractivity contribution is -0.434. The monoisotopic (exact) mass is 1030 g/mol. The normalized spacial score (nSPS) is 12.5. The van der Waals surface area contributed by atoms with Gasteiger partial charge in [0, 0.05) is 17.1 Å². The summed E-state index contributed by atoms with van der Waals surface area (Å²) in [4.78, 5) is -1.35. The average molecular weight is 1040 g/mol. The van der Waals surface area contributed by atoms with Crippen LogP contribution in [0.5, 0.6) is 11.5 Å². The number of nitrogen functional groups attached to an aromatic ring is 3. The van der Waals surface area contributed by atoms with Crippen molar-refractivity contribution in [1.82, 2.24) is 0 Å². The van der Waals surface area contributed by atoms with Gasteiger partial charge in [0.15, 0.2) is 27.9 Å². The van der Waals surface area contributed by atoms with Crippen LogP contribution in [0.15, 0.2) is 147 Å². The van der Waals surface area contributed by atoms with Crippen molar-refractivity contribution in [2.24, 2.45) is 30.7 Å². The molecule has 0 aliphatic rings. The Morgan fingerprint density at radius 3 is 1.84 bits per heavy atom. The molecule has 0 fully saturated rings. The van der Waals surface area contributed by atoms with Gasteiger partial charge in [0.25, 0.3) is 20.1 Å². The second-order valence-corrected chi connectivity index (χ2v) is 19.7. The molecule has 0 saturated carbocycles. The van der Waals surface area contributed by atoms with E-state index in [4.69, 9.17) is 36.6 Å². The summed E-state index contributed by atoms with van der Waals surface area (Å²) in [5.74, 6) is -0.945. The zero-order chi connectivity index (χ0) is 49.2. The first kappa shape index (κ1) is 50.8. The molecule has 0 unspecified atom stereocenters. The summed E-state index contributed by atoms with van der Waals surface area (Å²) in [6, 6.07) is 20.8. The smallest absolute Gasteiger partial charge is 0.295 e. The van der Waals surface area contributed by atoms with Gasteiger partial charge < -0.3 is 27.0 Å². The van der Waals surface area contributed by atoms with E-state index in [9.17, 15) is 34.9 Å². The molecule has 6 rings (SSSR count). The van der Waals surface area contributed by atoms with E-state index in [-0.39, 0.29) is 85.2 Å². The molecule has 0 atom stereocenters. The summed E-state index contributed by atoms with van der Waals surface area (Å²) < 4.78 is 108. The summed E-state index contributed by atoms with van der Waals surface area (Å²) in [6.45, 7) is -0.334. The number of benzene rings is 6. The Hall–Kier alpha value is -6.59. The number of hydrogen-bond acceptors (Lipinski definition) is 26. The highest BCUT2D eigenvalue weighted by Gasteiger charge is 2.26. The lowest BCUT2D eigenvalue weighted by atomic mass is 10.0. The van der Waals surface area contributed by atoms with Gasteiger partial charge >= 0.3 is 0 Å². The molecular formula is C37H34N10O16S5. The zero-order valence-corrected chi connectivity index (χ0v) is 38.4. The van der Waals surface area contributed by atoms with E-state index in [1.165, 1.54) is 92.0 Å². The largest absolute Gasteiger partial charge is 0.505 e. The van der Waals surface area contributed by atoms with E-state index < -0.39 is 57.5 Å². The quantitative estimate of drug-likeness (QED) is 0.00634. The third kappa shape index (κ3) is 12.5. The number of nitrogens with zero attached hydrogens (tertiary/aromatic N) is 6. The van der Waals surface area contributed by atoms with Crippen LogP contribution in [-0.2, 0) is 52.9 Å². The summed E-state index contributed by atoms with van der Waals surface area (Å²) in [7, 11) is -11.7. The first-order valence-corrected chi connectivity index (χ1v) is 24.4. The Kier molecular flexibility index (Phi) is 16.5. The maximum Gasteiger partial charge on any atom is 0.295 e. The topological polar surface area (TPSA) is 403 Å². The van der Waals surface area contributed by atoms with Gasteiger partial charge in [-0.3, -0.25) is 13.5 Å². The van der Waals surface area contributed by atoms with Crippen LogP contribution in [0.2, 0.25) is 0 Å². The van der Waals surface area contributed by atoms with Crippen molar-refractivity contribution in [2.45, 2.75) is 19.6 Å². The standard InChI is InChI=1S/C37H34N10O16S5/c1-58-31-18-29(27(38)17-28(31)39)44-41-20-2-4-23(5-3-20)47-67(53,54)25-12-8-21(9-13-25)42-45-30-19-33(68(55,56)57)26-16-32(64-62-60-49)36(37(48)34(26)35(30)40)46-43-22-6-10-24(11-7-22)66(51,52)15-14-59-65-63-61-50/h2-13,16-19,47-50H,14-15,38-40H2,1H3,(H,55,56,57). The van der Waals surface area contributed by atoms with Crippen LogP contribution in [0.1, 0.15) is 0 Å². The molecule has 0 spiro atoms. The van der Waals surface area contributed by atoms with Gasteiger partial charge in [0.2, 0.25) is 0 Å². The molecule has 6 aromatic carbocycles. The average Bonchev–Trinajstić information content (AvgIpc) is 3.30. The van der Waals surface area contributed by atoms with Crippen molar-refractivity contribution < 1.29 is 73.1 Å². The fourth-order valence-corrected chi connectivity index (χ4v) is 9.42. The molecule has 26 nitrogen and oxygen atoms in total. The number of aromatic hydroxyl groups is 1. The number of phenols is 1. The third-order valence-electron chi connectivity index (χ3n) is 8.94. The van der Waals surface area contributed by atoms with Crippen LogP contribution in [0.3, 0.4) is 0 Å². The zero-order valence-electron chi connectivity index (χ0n) is 34.3. The molecule has 0 aromatic heterocycles. The van der Waals surface area contributed by atoms with E-state index in [0.29, 0.717) is 22.8 Å². The summed E-state index contributed by atoms with van der Waals surface area (Å²) in [6.07, 6.45) is 0. The molecule has 31 heteroatoms. The number of methoxy groups -OCH3 is 1. The Morgan fingerprint density at radius 2 is 1.25 bits per heavy atom. The number of nitrogens with one attached hydrogen (secondary N) is 1. The first-order valence-electron chi connectivity index (χ1n) is 18.4. The summed E-state index contributed by atoms with van der Waals surface area (Å²) >= 11 is 0.447. The molecule has 0 bridgehead atoms. The van der Waals surface area contributed by atoms with Crippen LogP contribution >= 0.6 is 24.4 Å². The van der Waals surface area contributed by atoms with E-state index >= 15 is 0 Å². The number of azo groups is 3. The maximum atomic E-state index is 13.2. The molecule has 0 aliphatic heterocycles. The maximum absolute atomic E-state index is 13.2. The van der Waals surface area contributed by atoms with Gasteiger partial charge in [-0.25, -0.2) is 27.4 Å². The molecule has 0 amide bonds. The van der Waals surface area contributed by atoms with Gasteiger partial charge in [0.1, 0.15) is 27.7 Å². The van der Waals surface area contributed by atoms with E-state index in [1.54, 1.807) is 0 Å². The van der Waals surface area contributed by atoms with Crippen molar-refractivity contribution >= 4 is 122 Å². The molecule has 0 saturated heterocycles. The highest BCUT2D eigenvalue weighted by atomic mass is 32.2. The number of phenolic OH excluding ortho intramolecular Hbond substituents is 1. The molecule has 0 aliphatic carbocycles. The predicted molar refractivity (Wildman–Crippen MR) is 245 cm³/mol. The van der Waals surface area contributed by atoms with Crippen LogP contribution < -0.4 is 26.7 Å². The van der Waals surface area contributed by atoms with Crippen LogP contribution in [0.4, 0.5) is 56.9 Å². The fraction of sp³-hybridized carbons (Fsp3) is 0.0811. The number of sulfonamides is 1. The van der Waals surface area contributed by atoms with Crippen LogP contribution in [0, 0.1) is 0 Å². The molecule has 6 aromatic rings. The molecule has 358 valence electrons. The van der Waals surface area contributed by atoms with Crippen LogP contribution in [-0.4, -0.2) is 64.9 Å². The molecule has 11 N–H and O–H groups in total. The van der Waals surface area contributed by atoms with Gasteiger partial charge in [-0.1, -0.05) is 10.1 Å². The van der Waals surface area contributed by atoms with Crippen LogP contribution in [0.25, 0.3) is 10.8 Å². The summed E-state index contributed by atoms with van der Waals surface area (Å²) in [5, 5.41) is 59.0. The van der Waals surface area contributed by atoms with Gasteiger partial charge in [-0.2, -0.15) is 23.8 Å². The minimum atomic E-state index is -5.10. The Balaban J connectivity index is 1.23. The molecule has 68 heavy (non-hydrogen) atoms. The van der Waals surface area contributed by atoms with Crippen molar-refractivity contribution in [2.75, 3.05) is 41.4 Å². The van der Waals surface area contributed by atoms with E-state index in [1.807, 2.05) is 0 Å². The van der Waals surface area contributed by atoms with Crippen molar-refractivity contribution in [3.05, 3.63) is 97.1 Å². The van der Waals surface area contributed by atoms with Crippen molar-refractivity contribution in [1.29, 1.82) is 0 Å². The highest BCUT2D eigenvalue weighted by molar-refractivity contribution is 7.94. The number of hydrogen-bond donors (Lipinski definition) is 8. The second-order valence-electron chi connectivity index (χ2n) is 13.2. The SMILES string of the molecule is COc1cc(N=Nc2ccc(NS(=O)(=O)c3ccc(N=Nc4cc(S(=O)(=O)O)c5cc(SOOO)c(N=Nc6ccc(S(=O)(=O)CCOSOOO)cc6)c(O)c5c4N)cc3)cc2)c(N)cc1N. The number of sulfone groups is 1. The van der Waals surface area contributed by atoms with Gasteiger partial charge in [0.05, 0.1) is 85.7 Å². The second kappa shape index (κ2) is 22.0. The first-order chi connectivity index (χ1) is 32.3. The predicted octanol–water partition coefficient (Wildman–Crippen LogP) is 8.80. The lowest BCUT2D eigenvalue weighted by Crippen LogP contribution is -2.12. The number of rotatable bonds is 21. The molecular weight excluding hydrogens is 1000 g/mol. The Bertz CT molecular complexity index is 3240. The number of ether oxygens (including phenoxy) is 1. The lowest BCUT2D eigenvalue weighted by Gasteiger charge is -2.14. The Morgan fingerprint density at radius 1 is 0.676 bits per heavy atom. The molecule has 0 radical (unpaired) electrons. The Labute approximate surface area is 393 Å². The van der Waals surface area contributed by atoms with Crippen molar-refractivity contribution in [3.8, 4) is 11.5 Å². The number of fused-ring (bicyclic) bond motifs is 1. The third-order valence-corrected chi connectivity index (χ3v) is 13.9. The number of nitrogens with two attached hydrogens (primary N) is 3. The minimum Gasteiger partial charge on any atom is -0.505 e. The number of anilines is 4. The molecule has 0 heterocycles. The highest BCUT2D eigenvalue weighted by Crippen LogP contribution is 2.50.